The van der Waals surface area contributed by atoms with E-state index in [0.29, 0.717) is 0 Å². The summed E-state index contributed by atoms with van der Waals surface area (Å²) in [5.74, 6) is 0.788. The van der Waals surface area contributed by atoms with Gasteiger partial charge in [-0.05, 0) is 56.6 Å². The molecule has 1 saturated heterocycles. The Bertz CT molecular complexity index is 576. The third kappa shape index (κ3) is 3.32. The Kier molecular flexibility index (Phi) is 4.58. The van der Waals surface area contributed by atoms with Crippen LogP contribution in [0.3, 0.4) is 0 Å². The first-order valence-corrected chi connectivity index (χ1v) is 8.88. The van der Waals surface area contributed by atoms with Crippen molar-refractivity contribution in [3.8, 4) is 0 Å². The van der Waals surface area contributed by atoms with Gasteiger partial charge >= 0.3 is 0 Å². The molecule has 0 aliphatic carbocycles. The molecule has 0 unspecified atom stereocenters. The summed E-state index contributed by atoms with van der Waals surface area (Å²) in [6, 6.07) is 6.26. The predicted octanol–water partition coefficient (Wildman–Crippen LogP) is 4.20. The maximum atomic E-state index is 4.65. The number of anilines is 1. The molecule has 0 spiro atoms. The van der Waals surface area contributed by atoms with Gasteiger partial charge in [0.25, 0.3) is 0 Å². The first-order chi connectivity index (χ1) is 9.74. The van der Waals surface area contributed by atoms with Crippen molar-refractivity contribution in [2.24, 2.45) is 5.92 Å². The van der Waals surface area contributed by atoms with Crippen molar-refractivity contribution in [2.45, 2.75) is 19.8 Å². The van der Waals surface area contributed by atoms with Crippen LogP contribution in [0.1, 0.15) is 19.8 Å². The number of piperidine rings is 1. The van der Waals surface area contributed by atoms with E-state index in [2.05, 4.69) is 50.2 Å². The summed E-state index contributed by atoms with van der Waals surface area (Å²) in [5, 5.41) is 4.58. The molecule has 3 nitrogen and oxygen atoms in total. The monoisotopic (exact) mass is 353 g/mol. The van der Waals surface area contributed by atoms with Crippen molar-refractivity contribution in [1.29, 1.82) is 0 Å². The molecule has 1 N–H and O–H groups in total. The third-order valence-electron chi connectivity index (χ3n) is 4.05. The summed E-state index contributed by atoms with van der Waals surface area (Å²) in [6.45, 7) is 6.98. The Morgan fingerprint density at radius 3 is 2.95 bits per heavy atom. The van der Waals surface area contributed by atoms with Gasteiger partial charge in [0.15, 0.2) is 5.13 Å². The van der Waals surface area contributed by atoms with Gasteiger partial charge in [-0.3, -0.25) is 0 Å². The lowest BCUT2D eigenvalue weighted by molar-refractivity contribution is 0.198. The van der Waals surface area contributed by atoms with Gasteiger partial charge in [-0.1, -0.05) is 34.2 Å². The molecule has 3 rings (SSSR count). The fraction of sp³-hybridized carbons (Fsp3) is 0.533. The summed E-state index contributed by atoms with van der Waals surface area (Å²) < 4.78 is 2.36. The highest BCUT2D eigenvalue weighted by Gasteiger charge is 2.18. The van der Waals surface area contributed by atoms with Crippen LogP contribution in [0, 0.1) is 5.92 Å². The molecule has 20 heavy (non-hydrogen) atoms. The number of aromatic nitrogens is 1. The first-order valence-electron chi connectivity index (χ1n) is 7.27. The van der Waals surface area contributed by atoms with Gasteiger partial charge in [-0.15, -0.1) is 0 Å². The highest BCUT2D eigenvalue weighted by molar-refractivity contribution is 9.10. The summed E-state index contributed by atoms with van der Waals surface area (Å²) in [4.78, 5) is 7.18. The van der Waals surface area contributed by atoms with Crippen molar-refractivity contribution in [1.82, 2.24) is 9.88 Å². The van der Waals surface area contributed by atoms with Gasteiger partial charge in [0, 0.05) is 11.0 Å². The van der Waals surface area contributed by atoms with E-state index in [9.17, 15) is 0 Å². The third-order valence-corrected chi connectivity index (χ3v) is 5.52. The Morgan fingerprint density at radius 1 is 1.40 bits per heavy atom. The zero-order valence-corrected chi connectivity index (χ0v) is 14.1. The van der Waals surface area contributed by atoms with Gasteiger partial charge < -0.3 is 10.2 Å². The molecular formula is C15H20BrN3S. The lowest BCUT2D eigenvalue weighted by Gasteiger charge is -2.30. The molecule has 0 bridgehead atoms. The van der Waals surface area contributed by atoms with E-state index < -0.39 is 0 Å². The predicted molar refractivity (Wildman–Crippen MR) is 90.6 cm³/mol. The van der Waals surface area contributed by atoms with Crippen LogP contribution in [0.25, 0.3) is 10.2 Å². The Hall–Kier alpha value is -0.650. The molecule has 1 aliphatic rings. The quantitative estimate of drug-likeness (QED) is 0.892. The van der Waals surface area contributed by atoms with E-state index in [1.807, 2.05) is 6.07 Å². The van der Waals surface area contributed by atoms with Crippen LogP contribution in [0.4, 0.5) is 5.13 Å². The second-order valence-corrected chi connectivity index (χ2v) is 7.34. The summed E-state index contributed by atoms with van der Waals surface area (Å²) >= 11 is 5.25. The van der Waals surface area contributed by atoms with E-state index in [1.54, 1.807) is 11.3 Å². The number of hydrogen-bond acceptors (Lipinski definition) is 4. The molecule has 0 atom stereocenters. The lowest BCUT2D eigenvalue weighted by Crippen LogP contribution is -2.35. The topological polar surface area (TPSA) is 28.2 Å². The number of rotatable bonds is 4. The Balaban J connectivity index is 1.57. The number of likely N-dealkylation sites (tertiary alicyclic amines) is 1. The summed E-state index contributed by atoms with van der Waals surface area (Å²) in [7, 11) is 0. The summed E-state index contributed by atoms with van der Waals surface area (Å²) in [6.07, 6.45) is 2.61. The van der Waals surface area contributed by atoms with Crippen molar-refractivity contribution in [3.63, 3.8) is 0 Å². The van der Waals surface area contributed by atoms with Gasteiger partial charge in [0.2, 0.25) is 0 Å². The van der Waals surface area contributed by atoms with Crippen LogP contribution in [0.5, 0.6) is 0 Å². The highest BCUT2D eigenvalue weighted by Crippen LogP contribution is 2.29. The van der Waals surface area contributed by atoms with Crippen molar-refractivity contribution < 1.29 is 0 Å². The minimum Gasteiger partial charge on any atom is -0.361 e. The van der Waals surface area contributed by atoms with Crippen molar-refractivity contribution >= 4 is 42.6 Å². The normalized spacial score (nSPS) is 17.7. The molecule has 2 heterocycles. The van der Waals surface area contributed by atoms with Crippen LogP contribution in [0.2, 0.25) is 0 Å². The van der Waals surface area contributed by atoms with E-state index in [-0.39, 0.29) is 0 Å². The van der Waals surface area contributed by atoms with Gasteiger partial charge in [0.05, 0.1) is 10.2 Å². The second kappa shape index (κ2) is 6.41. The number of fused-ring (bicyclic) bond motifs is 1. The van der Waals surface area contributed by atoms with Crippen LogP contribution in [-0.4, -0.2) is 36.1 Å². The highest BCUT2D eigenvalue weighted by atomic mass is 79.9. The smallest absolute Gasteiger partial charge is 0.183 e. The molecule has 1 aliphatic heterocycles. The molecule has 2 aromatic rings. The summed E-state index contributed by atoms with van der Waals surface area (Å²) in [5.41, 5.74) is 1.08. The zero-order valence-electron chi connectivity index (χ0n) is 11.7. The van der Waals surface area contributed by atoms with Gasteiger partial charge in [-0.25, -0.2) is 4.98 Å². The van der Waals surface area contributed by atoms with Crippen LogP contribution in [-0.2, 0) is 0 Å². The number of halogens is 1. The van der Waals surface area contributed by atoms with Crippen molar-refractivity contribution in [2.75, 3.05) is 31.5 Å². The van der Waals surface area contributed by atoms with Gasteiger partial charge in [0.1, 0.15) is 0 Å². The molecule has 1 fully saturated rings. The standard InChI is InChI=1S/C15H20BrN3S/c1-2-19-7-5-11(6-8-19)10-17-15-18-13-4-3-12(16)9-14(13)20-15/h3-4,9,11H,2,5-8,10H2,1H3,(H,17,18). The molecule has 108 valence electrons. The maximum Gasteiger partial charge on any atom is 0.183 e. The van der Waals surface area contributed by atoms with E-state index in [0.717, 1.165) is 27.6 Å². The number of benzene rings is 1. The van der Waals surface area contributed by atoms with E-state index >= 15 is 0 Å². The number of hydrogen-bond donors (Lipinski definition) is 1. The Labute approximate surface area is 132 Å². The second-order valence-electron chi connectivity index (χ2n) is 5.39. The molecule has 0 amide bonds. The van der Waals surface area contributed by atoms with E-state index in [4.69, 9.17) is 0 Å². The SMILES string of the molecule is CCN1CCC(CNc2nc3ccc(Br)cc3s2)CC1. The molecule has 0 saturated carbocycles. The average molecular weight is 354 g/mol. The molecule has 1 aromatic heterocycles. The fourth-order valence-corrected chi connectivity index (χ4v) is 4.14. The fourth-order valence-electron chi connectivity index (χ4n) is 2.71. The van der Waals surface area contributed by atoms with Gasteiger partial charge in [-0.2, -0.15) is 0 Å². The molecular weight excluding hydrogens is 334 g/mol. The largest absolute Gasteiger partial charge is 0.361 e. The van der Waals surface area contributed by atoms with Crippen LogP contribution in [0.15, 0.2) is 22.7 Å². The van der Waals surface area contributed by atoms with Crippen LogP contribution >= 0.6 is 27.3 Å². The minimum atomic E-state index is 0.788. The number of thiazole rings is 1. The number of nitrogens with one attached hydrogen (secondary N) is 1. The lowest BCUT2D eigenvalue weighted by atomic mass is 9.97. The van der Waals surface area contributed by atoms with Crippen LogP contribution < -0.4 is 5.32 Å². The zero-order chi connectivity index (χ0) is 13.9. The average Bonchev–Trinajstić information content (AvgIpc) is 2.87. The molecule has 1 aromatic carbocycles. The van der Waals surface area contributed by atoms with E-state index in [1.165, 1.54) is 37.2 Å². The number of nitrogens with zero attached hydrogens (tertiary/aromatic N) is 2. The molecule has 0 radical (unpaired) electrons. The first kappa shape index (κ1) is 14.3. The maximum absolute atomic E-state index is 4.65. The minimum absolute atomic E-state index is 0.788. The van der Waals surface area contributed by atoms with Crippen molar-refractivity contribution in [3.05, 3.63) is 22.7 Å². The Morgan fingerprint density at radius 2 is 2.20 bits per heavy atom. The molecule has 5 heteroatoms.